The molecule has 0 heterocycles. The van der Waals surface area contributed by atoms with E-state index in [0.29, 0.717) is 6.04 Å². The van der Waals surface area contributed by atoms with Gasteiger partial charge in [0.2, 0.25) is 0 Å². The van der Waals surface area contributed by atoms with E-state index >= 15 is 0 Å². The van der Waals surface area contributed by atoms with E-state index in [1.54, 1.807) is 0 Å². The molecule has 0 aliphatic rings. The standard InChI is InChI=1S/C10H14/c1-10(2,3)9-7-5-4-6-8-9/h4-8H,1-3H3/i7T. The summed E-state index contributed by atoms with van der Waals surface area (Å²) in [6.45, 7) is 6.38. The Morgan fingerprint density at radius 1 is 1.20 bits per heavy atom. The van der Waals surface area contributed by atoms with Crippen molar-refractivity contribution < 1.29 is 1.37 Å². The van der Waals surface area contributed by atoms with Crippen LogP contribution in [-0.2, 0) is 5.41 Å². The third-order valence-corrected chi connectivity index (χ3v) is 1.52. The molecule has 0 nitrogen and oxygen atoms in total. The fourth-order valence-electron chi connectivity index (χ4n) is 0.860. The Labute approximate surface area is 64.3 Å². The SMILES string of the molecule is [3H]c1ccccc1C(C)(C)C. The second-order valence-corrected chi connectivity index (χ2v) is 3.53. The van der Waals surface area contributed by atoms with Crippen LogP contribution in [0.4, 0.5) is 0 Å². The summed E-state index contributed by atoms with van der Waals surface area (Å²) in [5.41, 5.74) is 1.21. The van der Waals surface area contributed by atoms with Crippen LogP contribution in [0.5, 0.6) is 0 Å². The minimum absolute atomic E-state index is 0.0956. The average molecular weight is 136 g/mol. The highest BCUT2D eigenvalue weighted by Crippen LogP contribution is 2.20. The van der Waals surface area contributed by atoms with Gasteiger partial charge in [0.15, 0.2) is 0 Å². The van der Waals surface area contributed by atoms with Crippen molar-refractivity contribution in [3.05, 3.63) is 35.9 Å². The molecular weight excluding hydrogens is 120 g/mol. The molecule has 1 aromatic carbocycles. The first kappa shape index (κ1) is 5.96. The maximum Gasteiger partial charge on any atom is 0.0626 e. The molecule has 1 aromatic rings. The number of benzene rings is 1. The highest BCUT2D eigenvalue weighted by atomic mass is 14.2. The van der Waals surface area contributed by atoms with Gasteiger partial charge in [-0.3, -0.25) is 0 Å². The Bertz CT molecular complexity index is 245. The maximum atomic E-state index is 7.63. The Morgan fingerprint density at radius 3 is 2.30 bits per heavy atom. The quantitative estimate of drug-likeness (QED) is 0.514. The summed E-state index contributed by atoms with van der Waals surface area (Å²) in [7, 11) is 0. The fourth-order valence-corrected chi connectivity index (χ4v) is 0.860. The Kier molecular flexibility index (Phi) is 1.46. The van der Waals surface area contributed by atoms with Crippen molar-refractivity contribution in [3.63, 3.8) is 0 Å². The molecule has 54 valence electrons. The van der Waals surface area contributed by atoms with Crippen LogP contribution in [0, 0.1) is 0 Å². The molecule has 0 heteroatoms. The summed E-state index contributed by atoms with van der Waals surface area (Å²) in [5, 5.41) is 0. The van der Waals surface area contributed by atoms with Gasteiger partial charge in [-0.1, -0.05) is 51.1 Å². The predicted octanol–water partition coefficient (Wildman–Crippen LogP) is 2.98. The van der Waals surface area contributed by atoms with Crippen LogP contribution in [-0.4, -0.2) is 0 Å². The van der Waals surface area contributed by atoms with Crippen LogP contribution in [0.25, 0.3) is 0 Å². The van der Waals surface area contributed by atoms with Crippen molar-refractivity contribution in [2.24, 2.45) is 0 Å². The first-order chi connectivity index (χ1) is 5.02. The van der Waals surface area contributed by atoms with Gasteiger partial charge in [0, 0.05) is 0 Å². The molecule has 0 aliphatic heterocycles. The van der Waals surface area contributed by atoms with Crippen LogP contribution < -0.4 is 0 Å². The zero-order chi connectivity index (χ0) is 8.48. The van der Waals surface area contributed by atoms with Crippen molar-refractivity contribution in [1.29, 1.82) is 0 Å². The lowest BCUT2D eigenvalue weighted by Crippen LogP contribution is -2.10. The van der Waals surface area contributed by atoms with Gasteiger partial charge in [0.25, 0.3) is 0 Å². The summed E-state index contributed by atoms with van der Waals surface area (Å²) < 4.78 is 7.63. The zero-order valence-electron chi connectivity index (χ0n) is 7.81. The average Bonchev–Trinajstić information content (AvgIpc) is 1.86. The monoisotopic (exact) mass is 136 g/mol. The molecule has 0 aliphatic carbocycles. The summed E-state index contributed by atoms with van der Waals surface area (Å²) in [5.74, 6) is 0. The Balaban J connectivity index is 3.14. The predicted molar refractivity (Wildman–Crippen MR) is 45.1 cm³/mol. The molecule has 0 aromatic heterocycles. The van der Waals surface area contributed by atoms with Gasteiger partial charge in [-0.25, -0.2) is 0 Å². The van der Waals surface area contributed by atoms with E-state index in [0.717, 1.165) is 5.56 Å². The lowest BCUT2D eigenvalue weighted by Gasteiger charge is -2.18. The van der Waals surface area contributed by atoms with E-state index in [9.17, 15) is 0 Å². The molecule has 0 saturated heterocycles. The molecule has 0 atom stereocenters. The smallest absolute Gasteiger partial charge is 0.0622 e. The summed E-state index contributed by atoms with van der Waals surface area (Å²) in [6, 6.07) is 8.37. The largest absolute Gasteiger partial charge is 0.0626 e. The molecule has 1 rings (SSSR count). The van der Waals surface area contributed by atoms with Crippen molar-refractivity contribution in [3.8, 4) is 0 Å². The normalized spacial score (nSPS) is 12.9. The minimum atomic E-state index is 0.0956. The molecule has 10 heavy (non-hydrogen) atoms. The maximum absolute atomic E-state index is 7.63. The first-order valence-electron chi connectivity index (χ1n) is 4.08. The van der Waals surface area contributed by atoms with Crippen molar-refractivity contribution in [2.45, 2.75) is 26.2 Å². The van der Waals surface area contributed by atoms with Gasteiger partial charge >= 0.3 is 0 Å². The van der Waals surface area contributed by atoms with Crippen molar-refractivity contribution in [2.75, 3.05) is 0 Å². The van der Waals surface area contributed by atoms with E-state index in [2.05, 4.69) is 20.8 Å². The van der Waals surface area contributed by atoms with Crippen molar-refractivity contribution in [1.82, 2.24) is 0 Å². The third kappa shape index (κ3) is 1.60. The molecule has 0 radical (unpaired) electrons. The molecule has 0 spiro atoms. The van der Waals surface area contributed by atoms with E-state index in [1.807, 2.05) is 24.3 Å². The lowest BCUT2D eigenvalue weighted by atomic mass is 9.87. The van der Waals surface area contributed by atoms with E-state index in [1.165, 1.54) is 0 Å². The summed E-state index contributed by atoms with van der Waals surface area (Å²) in [4.78, 5) is 0. The number of hydrogen-bond donors (Lipinski definition) is 0. The molecule has 0 N–H and O–H groups in total. The molecule has 0 fully saturated rings. The first-order valence-corrected chi connectivity index (χ1v) is 3.58. The Hall–Kier alpha value is -0.780. The minimum Gasteiger partial charge on any atom is -0.0622 e. The number of hydrogen-bond acceptors (Lipinski definition) is 0. The third-order valence-electron chi connectivity index (χ3n) is 1.52. The van der Waals surface area contributed by atoms with Gasteiger partial charge < -0.3 is 0 Å². The molecular formula is C10H14. The van der Waals surface area contributed by atoms with E-state index < -0.39 is 0 Å². The molecule has 0 saturated carbocycles. The van der Waals surface area contributed by atoms with Crippen LogP contribution in [0.1, 0.15) is 27.7 Å². The molecule has 0 bridgehead atoms. The summed E-state index contributed by atoms with van der Waals surface area (Å²) in [6.07, 6.45) is 0. The van der Waals surface area contributed by atoms with Gasteiger partial charge in [-0.05, 0) is 11.0 Å². The van der Waals surface area contributed by atoms with Gasteiger partial charge in [0.05, 0.1) is 1.37 Å². The molecule has 0 amide bonds. The Morgan fingerprint density at radius 2 is 1.90 bits per heavy atom. The van der Waals surface area contributed by atoms with E-state index in [4.69, 9.17) is 1.37 Å². The topological polar surface area (TPSA) is 0 Å². The number of rotatable bonds is 0. The van der Waals surface area contributed by atoms with Crippen LogP contribution in [0.2, 0.25) is 0 Å². The zero-order valence-corrected chi connectivity index (χ0v) is 6.81. The van der Waals surface area contributed by atoms with E-state index in [-0.39, 0.29) is 5.41 Å². The van der Waals surface area contributed by atoms with Gasteiger partial charge in [0.1, 0.15) is 0 Å². The van der Waals surface area contributed by atoms with Crippen molar-refractivity contribution >= 4 is 0 Å². The summed E-state index contributed by atoms with van der Waals surface area (Å²) >= 11 is 0. The van der Waals surface area contributed by atoms with Crippen LogP contribution in [0.15, 0.2) is 30.3 Å². The molecule has 0 unspecified atom stereocenters. The lowest BCUT2D eigenvalue weighted by molar-refractivity contribution is 0.590. The highest BCUT2D eigenvalue weighted by Gasteiger charge is 2.11. The highest BCUT2D eigenvalue weighted by molar-refractivity contribution is 5.21. The van der Waals surface area contributed by atoms with Crippen LogP contribution >= 0.6 is 0 Å². The van der Waals surface area contributed by atoms with Crippen LogP contribution in [0.3, 0.4) is 0 Å². The second kappa shape index (κ2) is 2.45. The fraction of sp³-hybridized carbons (Fsp3) is 0.400. The van der Waals surface area contributed by atoms with Gasteiger partial charge in [-0.15, -0.1) is 0 Å². The second-order valence-electron chi connectivity index (χ2n) is 3.53. The van der Waals surface area contributed by atoms with Gasteiger partial charge in [-0.2, -0.15) is 0 Å².